The van der Waals surface area contributed by atoms with Crippen LogP contribution in [0, 0.1) is 6.92 Å². The average molecular weight is 382 g/mol. The fraction of sp³-hybridized carbons (Fsp3) is 0.375. The largest absolute Gasteiger partial charge is 0.382 e. The van der Waals surface area contributed by atoms with Gasteiger partial charge in [-0.2, -0.15) is 0 Å². The van der Waals surface area contributed by atoms with Crippen LogP contribution in [-0.4, -0.2) is 29.1 Å². The summed E-state index contributed by atoms with van der Waals surface area (Å²) in [7, 11) is 0. The van der Waals surface area contributed by atoms with Gasteiger partial charge in [0.25, 0.3) is 0 Å². The van der Waals surface area contributed by atoms with Crippen LogP contribution in [0.25, 0.3) is 0 Å². The predicted molar refractivity (Wildman–Crippen MR) is 94.8 cm³/mol. The Balaban J connectivity index is 1.62. The molecule has 0 aliphatic carbocycles. The Morgan fingerprint density at radius 2 is 1.91 bits per heavy atom. The first-order valence-electron chi connectivity index (χ1n) is 7.38. The summed E-state index contributed by atoms with van der Waals surface area (Å²) in [6.45, 7) is 3.97. The van der Waals surface area contributed by atoms with Crippen molar-refractivity contribution in [3.05, 3.63) is 45.7 Å². The molecule has 0 unspecified atom stereocenters. The van der Waals surface area contributed by atoms with Crippen molar-refractivity contribution in [1.29, 1.82) is 0 Å². The van der Waals surface area contributed by atoms with Gasteiger partial charge in [-0.25, -0.2) is 9.97 Å². The molecule has 0 amide bonds. The van der Waals surface area contributed by atoms with Crippen molar-refractivity contribution in [1.82, 2.24) is 9.97 Å². The van der Waals surface area contributed by atoms with Gasteiger partial charge in [-0.05, 0) is 59.5 Å². The number of hydrogen-bond acceptors (Lipinski definition) is 4. The van der Waals surface area contributed by atoms with Gasteiger partial charge >= 0.3 is 0 Å². The zero-order chi connectivity index (χ0) is 15.5. The first kappa shape index (κ1) is 15.6. The summed E-state index contributed by atoms with van der Waals surface area (Å²) in [6.07, 6.45) is 5.70. The maximum absolute atomic E-state index is 6.29. The summed E-state index contributed by atoms with van der Waals surface area (Å²) in [4.78, 5) is 10.9. The third kappa shape index (κ3) is 3.36. The minimum absolute atomic E-state index is 0.455. The molecular weight excluding hydrogens is 364 g/mol. The minimum Gasteiger partial charge on any atom is -0.382 e. The van der Waals surface area contributed by atoms with E-state index in [2.05, 4.69) is 42.2 Å². The van der Waals surface area contributed by atoms with Crippen LogP contribution in [0.4, 0.5) is 11.6 Å². The highest BCUT2D eigenvalue weighted by molar-refractivity contribution is 9.10. The van der Waals surface area contributed by atoms with Gasteiger partial charge in [-0.15, -0.1) is 0 Å². The van der Waals surface area contributed by atoms with E-state index in [1.54, 1.807) is 12.4 Å². The van der Waals surface area contributed by atoms with Crippen molar-refractivity contribution in [2.75, 3.05) is 23.3 Å². The van der Waals surface area contributed by atoms with Crippen LogP contribution < -0.4 is 10.2 Å². The first-order chi connectivity index (χ1) is 10.6. The molecule has 1 fully saturated rings. The highest BCUT2D eigenvalue weighted by Gasteiger charge is 2.21. The summed E-state index contributed by atoms with van der Waals surface area (Å²) in [5.41, 5.74) is 2.20. The second-order valence-electron chi connectivity index (χ2n) is 5.49. The number of nitrogens with one attached hydrogen (secondary N) is 1. The number of rotatable bonds is 3. The van der Waals surface area contributed by atoms with Crippen LogP contribution >= 0.6 is 27.5 Å². The van der Waals surface area contributed by atoms with Gasteiger partial charge < -0.3 is 10.2 Å². The predicted octanol–water partition coefficient (Wildman–Crippen LogP) is 4.28. The monoisotopic (exact) mass is 380 g/mol. The van der Waals surface area contributed by atoms with Gasteiger partial charge in [0.1, 0.15) is 0 Å². The Morgan fingerprint density at radius 1 is 1.23 bits per heavy atom. The zero-order valence-electron chi connectivity index (χ0n) is 12.4. The standard InChI is InChI=1S/C16H18BrClN4/c1-11-14(4-3-13(17)15(11)18)21-12-5-9-22(10-6-12)16-19-7-2-8-20-16/h2-4,7-8,12,21H,5-6,9-10H2,1H3. The molecule has 0 radical (unpaired) electrons. The Bertz CT molecular complexity index is 642. The second kappa shape index (κ2) is 6.84. The highest BCUT2D eigenvalue weighted by Crippen LogP contribution is 2.32. The van der Waals surface area contributed by atoms with Crippen LogP contribution in [-0.2, 0) is 0 Å². The van der Waals surface area contributed by atoms with E-state index < -0.39 is 0 Å². The number of benzene rings is 1. The Labute approximate surface area is 144 Å². The SMILES string of the molecule is Cc1c(NC2CCN(c3ncccn3)CC2)ccc(Br)c1Cl. The third-order valence-electron chi connectivity index (χ3n) is 4.03. The maximum atomic E-state index is 6.29. The summed E-state index contributed by atoms with van der Waals surface area (Å²) in [5.74, 6) is 0.823. The van der Waals surface area contributed by atoms with Gasteiger partial charge in [-0.1, -0.05) is 11.6 Å². The molecule has 116 valence electrons. The van der Waals surface area contributed by atoms with Gasteiger partial charge in [0.2, 0.25) is 5.95 Å². The molecule has 1 aromatic heterocycles. The van der Waals surface area contributed by atoms with E-state index in [1.807, 2.05) is 19.1 Å². The summed E-state index contributed by atoms with van der Waals surface area (Å²) in [5, 5.41) is 4.39. The molecule has 1 saturated heterocycles. The van der Waals surface area contributed by atoms with E-state index in [9.17, 15) is 0 Å². The number of anilines is 2. The molecular formula is C16H18BrClN4. The van der Waals surface area contributed by atoms with Crippen LogP contribution in [0.5, 0.6) is 0 Å². The van der Waals surface area contributed by atoms with Crippen molar-refractivity contribution < 1.29 is 0 Å². The van der Waals surface area contributed by atoms with E-state index in [0.29, 0.717) is 6.04 Å². The zero-order valence-corrected chi connectivity index (χ0v) is 14.7. The molecule has 1 aliphatic heterocycles. The quantitative estimate of drug-likeness (QED) is 0.861. The number of piperidine rings is 1. The molecule has 2 aromatic rings. The second-order valence-corrected chi connectivity index (χ2v) is 6.72. The first-order valence-corrected chi connectivity index (χ1v) is 8.55. The van der Waals surface area contributed by atoms with Crippen molar-refractivity contribution in [2.24, 2.45) is 0 Å². The Kier molecular flexibility index (Phi) is 4.84. The average Bonchev–Trinajstić information content (AvgIpc) is 2.57. The third-order valence-corrected chi connectivity index (χ3v) is 5.41. The Morgan fingerprint density at radius 3 is 2.59 bits per heavy atom. The van der Waals surface area contributed by atoms with E-state index in [-0.39, 0.29) is 0 Å². The van der Waals surface area contributed by atoms with E-state index >= 15 is 0 Å². The van der Waals surface area contributed by atoms with E-state index in [4.69, 9.17) is 11.6 Å². The molecule has 1 aromatic carbocycles. The van der Waals surface area contributed by atoms with Gasteiger partial charge in [0, 0.05) is 41.7 Å². The lowest BCUT2D eigenvalue weighted by molar-refractivity contribution is 0.520. The molecule has 0 atom stereocenters. The number of hydrogen-bond donors (Lipinski definition) is 1. The van der Waals surface area contributed by atoms with Gasteiger partial charge in [-0.3, -0.25) is 0 Å². The van der Waals surface area contributed by atoms with Crippen molar-refractivity contribution in [3.63, 3.8) is 0 Å². The van der Waals surface area contributed by atoms with Crippen molar-refractivity contribution in [2.45, 2.75) is 25.8 Å². The molecule has 6 heteroatoms. The molecule has 1 N–H and O–H groups in total. The van der Waals surface area contributed by atoms with Gasteiger partial charge in [0.05, 0.1) is 5.02 Å². The normalized spacial score (nSPS) is 15.9. The number of halogens is 2. The number of nitrogens with zero attached hydrogens (tertiary/aromatic N) is 3. The summed E-state index contributed by atoms with van der Waals surface area (Å²) < 4.78 is 0.938. The lowest BCUT2D eigenvalue weighted by Crippen LogP contribution is -2.40. The smallest absolute Gasteiger partial charge is 0.225 e. The molecule has 1 aliphatic rings. The van der Waals surface area contributed by atoms with Crippen LogP contribution in [0.3, 0.4) is 0 Å². The van der Waals surface area contributed by atoms with Crippen LogP contribution in [0.15, 0.2) is 35.1 Å². The molecule has 4 nitrogen and oxygen atoms in total. The topological polar surface area (TPSA) is 41.0 Å². The molecule has 0 bridgehead atoms. The molecule has 0 spiro atoms. The van der Waals surface area contributed by atoms with Crippen molar-refractivity contribution >= 4 is 39.2 Å². The van der Waals surface area contributed by atoms with Gasteiger partial charge in [0.15, 0.2) is 0 Å². The Hall–Kier alpha value is -1.33. The molecule has 3 rings (SSSR count). The summed E-state index contributed by atoms with van der Waals surface area (Å²) >= 11 is 9.75. The van der Waals surface area contributed by atoms with Crippen LogP contribution in [0.2, 0.25) is 5.02 Å². The number of aromatic nitrogens is 2. The molecule has 0 saturated carbocycles. The molecule has 22 heavy (non-hydrogen) atoms. The van der Waals surface area contributed by atoms with Crippen molar-refractivity contribution in [3.8, 4) is 0 Å². The maximum Gasteiger partial charge on any atom is 0.225 e. The lowest BCUT2D eigenvalue weighted by Gasteiger charge is -2.33. The van der Waals surface area contributed by atoms with Crippen LogP contribution in [0.1, 0.15) is 18.4 Å². The summed E-state index contributed by atoms with van der Waals surface area (Å²) in [6, 6.07) is 6.37. The highest BCUT2D eigenvalue weighted by atomic mass is 79.9. The van der Waals surface area contributed by atoms with E-state index in [0.717, 1.165) is 52.6 Å². The lowest BCUT2D eigenvalue weighted by atomic mass is 10.0. The molecule has 2 heterocycles. The minimum atomic E-state index is 0.455. The van der Waals surface area contributed by atoms with E-state index in [1.165, 1.54) is 0 Å². The fourth-order valence-electron chi connectivity index (χ4n) is 2.71. The fourth-order valence-corrected chi connectivity index (χ4v) is 3.30.